The molecule has 2 rings (SSSR count). The lowest BCUT2D eigenvalue weighted by atomic mass is 9.91. The lowest BCUT2D eigenvalue weighted by molar-refractivity contribution is 0.383. The summed E-state index contributed by atoms with van der Waals surface area (Å²) in [6.07, 6.45) is 8.41. The number of hydrogen-bond acceptors (Lipinski definition) is 3. The van der Waals surface area contributed by atoms with Crippen LogP contribution in [0, 0.1) is 3.57 Å². The standard InChI is InChI=1S/C11H15ClIN3/c12-5-2-6-16(9-3-1-4-9)11-10(13)7-14-8-15-11/h7-9H,1-6H2. The summed E-state index contributed by atoms with van der Waals surface area (Å²) >= 11 is 8.08. The quantitative estimate of drug-likeness (QED) is 0.603. The van der Waals surface area contributed by atoms with Gasteiger partial charge in [0.25, 0.3) is 0 Å². The Morgan fingerprint density at radius 3 is 2.88 bits per heavy atom. The largest absolute Gasteiger partial charge is 0.353 e. The van der Waals surface area contributed by atoms with Gasteiger partial charge in [0.1, 0.15) is 12.1 Å². The second-order valence-electron chi connectivity index (χ2n) is 4.01. The molecule has 0 saturated heterocycles. The predicted octanol–water partition coefficient (Wildman–Crippen LogP) is 3.07. The number of alkyl halides is 1. The van der Waals surface area contributed by atoms with Crippen molar-refractivity contribution in [1.82, 2.24) is 9.97 Å². The van der Waals surface area contributed by atoms with Crippen molar-refractivity contribution in [3.63, 3.8) is 0 Å². The second kappa shape index (κ2) is 6.00. The van der Waals surface area contributed by atoms with E-state index in [0.717, 1.165) is 22.4 Å². The highest BCUT2D eigenvalue weighted by molar-refractivity contribution is 14.1. The highest BCUT2D eigenvalue weighted by Crippen LogP contribution is 2.30. The van der Waals surface area contributed by atoms with Gasteiger partial charge in [0.2, 0.25) is 0 Å². The molecule has 0 N–H and O–H groups in total. The zero-order valence-corrected chi connectivity index (χ0v) is 12.0. The van der Waals surface area contributed by atoms with Gasteiger partial charge in [-0.3, -0.25) is 0 Å². The summed E-state index contributed by atoms with van der Waals surface area (Å²) in [4.78, 5) is 10.8. The van der Waals surface area contributed by atoms with Crippen LogP contribution in [-0.4, -0.2) is 28.4 Å². The van der Waals surface area contributed by atoms with Crippen LogP contribution in [0.5, 0.6) is 0 Å². The number of halogens is 2. The first-order chi connectivity index (χ1) is 7.83. The molecule has 0 amide bonds. The number of aromatic nitrogens is 2. The number of rotatable bonds is 5. The topological polar surface area (TPSA) is 29.0 Å². The first kappa shape index (κ1) is 12.4. The molecule has 1 fully saturated rings. The van der Waals surface area contributed by atoms with E-state index in [1.165, 1.54) is 19.3 Å². The van der Waals surface area contributed by atoms with E-state index in [2.05, 4.69) is 37.5 Å². The fraction of sp³-hybridized carbons (Fsp3) is 0.636. The summed E-state index contributed by atoms with van der Waals surface area (Å²) in [5.41, 5.74) is 0. The van der Waals surface area contributed by atoms with Crippen molar-refractivity contribution in [2.75, 3.05) is 17.3 Å². The Kier molecular flexibility index (Phi) is 4.64. The van der Waals surface area contributed by atoms with Gasteiger partial charge in [0, 0.05) is 24.7 Å². The van der Waals surface area contributed by atoms with Gasteiger partial charge in [0.05, 0.1) is 3.57 Å². The molecule has 1 heterocycles. The summed E-state index contributed by atoms with van der Waals surface area (Å²) in [5.74, 6) is 1.79. The molecule has 1 aliphatic carbocycles. The summed E-state index contributed by atoms with van der Waals surface area (Å²) in [6, 6.07) is 0.659. The highest BCUT2D eigenvalue weighted by Gasteiger charge is 2.26. The Balaban J connectivity index is 2.13. The zero-order valence-electron chi connectivity index (χ0n) is 9.07. The molecule has 1 aromatic heterocycles. The molecule has 0 atom stereocenters. The monoisotopic (exact) mass is 351 g/mol. The van der Waals surface area contributed by atoms with Gasteiger partial charge in [-0.1, -0.05) is 0 Å². The molecule has 0 spiro atoms. The third kappa shape index (κ3) is 2.77. The minimum atomic E-state index is 0.659. The fourth-order valence-electron chi connectivity index (χ4n) is 1.91. The van der Waals surface area contributed by atoms with E-state index in [1.807, 2.05) is 6.20 Å². The second-order valence-corrected chi connectivity index (χ2v) is 5.56. The molecular formula is C11H15ClIN3. The molecule has 16 heavy (non-hydrogen) atoms. The van der Waals surface area contributed by atoms with Crippen molar-refractivity contribution < 1.29 is 0 Å². The van der Waals surface area contributed by atoms with E-state index in [1.54, 1.807) is 6.33 Å². The van der Waals surface area contributed by atoms with Crippen molar-refractivity contribution in [3.05, 3.63) is 16.1 Å². The van der Waals surface area contributed by atoms with Gasteiger partial charge < -0.3 is 4.90 Å². The average molecular weight is 352 g/mol. The minimum Gasteiger partial charge on any atom is -0.353 e. The average Bonchev–Trinajstić information content (AvgIpc) is 2.22. The highest BCUT2D eigenvalue weighted by atomic mass is 127. The van der Waals surface area contributed by atoms with Crippen molar-refractivity contribution in [1.29, 1.82) is 0 Å². The first-order valence-electron chi connectivity index (χ1n) is 5.61. The van der Waals surface area contributed by atoms with Gasteiger partial charge in [-0.15, -0.1) is 11.6 Å². The Hall–Kier alpha value is -0.100. The van der Waals surface area contributed by atoms with Crippen molar-refractivity contribution in [2.45, 2.75) is 31.7 Å². The first-order valence-corrected chi connectivity index (χ1v) is 7.22. The van der Waals surface area contributed by atoms with Crippen LogP contribution in [-0.2, 0) is 0 Å². The molecular weight excluding hydrogens is 336 g/mol. The third-order valence-corrected chi connectivity index (χ3v) is 4.00. The van der Waals surface area contributed by atoms with Crippen molar-refractivity contribution in [3.8, 4) is 0 Å². The fourth-order valence-corrected chi connectivity index (χ4v) is 2.64. The summed E-state index contributed by atoms with van der Waals surface area (Å²) in [6.45, 7) is 1.00. The number of anilines is 1. The molecule has 3 nitrogen and oxygen atoms in total. The van der Waals surface area contributed by atoms with Crippen LogP contribution in [0.15, 0.2) is 12.5 Å². The molecule has 1 saturated carbocycles. The molecule has 0 aromatic carbocycles. The number of nitrogens with zero attached hydrogens (tertiary/aromatic N) is 3. The zero-order chi connectivity index (χ0) is 11.4. The molecule has 0 aliphatic heterocycles. The Bertz CT molecular complexity index is 344. The normalized spacial score (nSPS) is 15.9. The van der Waals surface area contributed by atoms with Gasteiger partial charge in [-0.05, 0) is 48.3 Å². The molecule has 0 bridgehead atoms. The van der Waals surface area contributed by atoms with E-state index in [9.17, 15) is 0 Å². The van der Waals surface area contributed by atoms with E-state index in [0.29, 0.717) is 11.9 Å². The van der Waals surface area contributed by atoms with Crippen LogP contribution in [0.4, 0.5) is 5.82 Å². The van der Waals surface area contributed by atoms with Crippen molar-refractivity contribution >= 4 is 40.0 Å². The lowest BCUT2D eigenvalue weighted by Crippen LogP contribution is -2.42. The van der Waals surface area contributed by atoms with Gasteiger partial charge in [0.15, 0.2) is 0 Å². The molecule has 0 radical (unpaired) electrons. The SMILES string of the molecule is ClCCCN(c1ncncc1I)C1CCC1. The smallest absolute Gasteiger partial charge is 0.145 e. The van der Waals surface area contributed by atoms with Crippen molar-refractivity contribution in [2.24, 2.45) is 0 Å². The Labute approximate surface area is 115 Å². The maximum atomic E-state index is 5.78. The van der Waals surface area contributed by atoms with E-state index >= 15 is 0 Å². The molecule has 1 aromatic rings. The third-order valence-electron chi connectivity index (χ3n) is 2.97. The van der Waals surface area contributed by atoms with Crippen LogP contribution in [0.2, 0.25) is 0 Å². The summed E-state index contributed by atoms with van der Waals surface area (Å²) in [5, 5.41) is 0. The minimum absolute atomic E-state index is 0.659. The van der Waals surface area contributed by atoms with E-state index < -0.39 is 0 Å². The summed E-state index contributed by atoms with van der Waals surface area (Å²) < 4.78 is 1.13. The van der Waals surface area contributed by atoms with Crippen LogP contribution in [0.3, 0.4) is 0 Å². The maximum absolute atomic E-state index is 5.78. The Morgan fingerprint density at radius 1 is 1.50 bits per heavy atom. The van der Waals surface area contributed by atoms with Gasteiger partial charge in [-0.25, -0.2) is 9.97 Å². The van der Waals surface area contributed by atoms with Gasteiger partial charge in [-0.2, -0.15) is 0 Å². The Morgan fingerprint density at radius 2 is 2.31 bits per heavy atom. The lowest BCUT2D eigenvalue weighted by Gasteiger charge is -2.38. The number of hydrogen-bond donors (Lipinski definition) is 0. The van der Waals surface area contributed by atoms with Crippen LogP contribution in [0.25, 0.3) is 0 Å². The molecule has 0 unspecified atom stereocenters. The molecule has 88 valence electrons. The van der Waals surface area contributed by atoms with E-state index in [4.69, 9.17) is 11.6 Å². The van der Waals surface area contributed by atoms with Crippen LogP contribution >= 0.6 is 34.2 Å². The summed E-state index contributed by atoms with van der Waals surface area (Å²) in [7, 11) is 0. The van der Waals surface area contributed by atoms with Crippen LogP contribution < -0.4 is 4.90 Å². The molecule has 1 aliphatic rings. The van der Waals surface area contributed by atoms with E-state index in [-0.39, 0.29) is 0 Å². The van der Waals surface area contributed by atoms with Crippen LogP contribution in [0.1, 0.15) is 25.7 Å². The maximum Gasteiger partial charge on any atom is 0.145 e. The molecule has 5 heteroatoms. The predicted molar refractivity (Wildman–Crippen MR) is 75.1 cm³/mol. The van der Waals surface area contributed by atoms with Gasteiger partial charge >= 0.3 is 0 Å².